The van der Waals surface area contributed by atoms with Gasteiger partial charge < -0.3 is 10.1 Å². The molecule has 1 amide bonds. The fraction of sp³-hybridized carbons (Fsp3) is 0.389. The minimum Gasteiger partial charge on any atom is -0.472 e. The molecule has 1 saturated heterocycles. The van der Waals surface area contributed by atoms with Gasteiger partial charge in [-0.25, -0.2) is 9.97 Å². The number of carbonyl (C=O) groups excluding carboxylic acids is 1. The molecule has 0 aliphatic carbocycles. The lowest BCUT2D eigenvalue weighted by molar-refractivity contribution is -0.114. The van der Waals surface area contributed by atoms with Crippen LogP contribution in [-0.4, -0.2) is 49.4 Å². The van der Waals surface area contributed by atoms with E-state index < -0.39 is 5.95 Å². The lowest BCUT2D eigenvalue weighted by Crippen LogP contribution is -2.28. The van der Waals surface area contributed by atoms with Crippen LogP contribution < -0.4 is 10.1 Å². The van der Waals surface area contributed by atoms with E-state index in [9.17, 15) is 9.18 Å². The smallest absolute Gasteiger partial charge is 0.230 e. The largest absolute Gasteiger partial charge is 0.472 e. The van der Waals surface area contributed by atoms with Crippen LogP contribution in [0.15, 0.2) is 24.8 Å². The maximum Gasteiger partial charge on any atom is 0.230 e. The molecule has 1 N–H and O–H groups in total. The Morgan fingerprint density at radius 1 is 1.46 bits per heavy atom. The van der Waals surface area contributed by atoms with E-state index in [2.05, 4.69) is 37.1 Å². The fourth-order valence-corrected chi connectivity index (χ4v) is 4.22. The molecule has 4 heterocycles. The van der Waals surface area contributed by atoms with E-state index in [-0.39, 0.29) is 23.2 Å². The van der Waals surface area contributed by atoms with E-state index in [1.54, 1.807) is 12.4 Å². The molecule has 4 rings (SSSR count). The van der Waals surface area contributed by atoms with Crippen LogP contribution >= 0.6 is 11.3 Å². The highest BCUT2D eigenvalue weighted by atomic mass is 32.1. The predicted molar refractivity (Wildman–Crippen MR) is 103 cm³/mol. The van der Waals surface area contributed by atoms with Gasteiger partial charge in [-0.3, -0.25) is 14.7 Å². The minimum atomic E-state index is -0.542. The summed E-state index contributed by atoms with van der Waals surface area (Å²) in [6, 6.07) is 2.04. The third-order valence-electron chi connectivity index (χ3n) is 4.63. The van der Waals surface area contributed by atoms with E-state index in [4.69, 9.17) is 4.74 Å². The Kier molecular flexibility index (Phi) is 5.14. The summed E-state index contributed by atoms with van der Waals surface area (Å²) in [6.45, 7) is 4.51. The third kappa shape index (κ3) is 3.92. The van der Waals surface area contributed by atoms with Gasteiger partial charge in [0, 0.05) is 38.7 Å². The van der Waals surface area contributed by atoms with Crippen LogP contribution in [-0.2, 0) is 11.3 Å². The summed E-state index contributed by atoms with van der Waals surface area (Å²) >= 11 is 1.16. The summed E-state index contributed by atoms with van der Waals surface area (Å²) < 4.78 is 20.3. The Morgan fingerprint density at radius 2 is 2.32 bits per heavy atom. The molecule has 0 spiro atoms. The lowest BCUT2D eigenvalue weighted by Gasteiger charge is -2.19. The first-order chi connectivity index (χ1) is 13.5. The molecule has 1 fully saturated rings. The number of thiazole rings is 1. The summed E-state index contributed by atoms with van der Waals surface area (Å²) in [7, 11) is 0. The third-order valence-corrected chi connectivity index (χ3v) is 5.56. The Balaban J connectivity index is 1.45. The summed E-state index contributed by atoms with van der Waals surface area (Å²) in [5.74, 6) is -0.279. The van der Waals surface area contributed by atoms with E-state index in [0.717, 1.165) is 28.7 Å². The maximum atomic E-state index is 14.1. The quantitative estimate of drug-likeness (QED) is 0.701. The van der Waals surface area contributed by atoms with Crippen molar-refractivity contribution in [2.45, 2.75) is 39.0 Å². The number of nitrogens with one attached hydrogen (secondary N) is 1. The number of fused-ring (bicyclic) bond motifs is 1. The van der Waals surface area contributed by atoms with Crippen molar-refractivity contribution in [2.75, 3.05) is 11.9 Å². The number of nitrogens with zero attached hydrogens (tertiary/aromatic N) is 5. The van der Waals surface area contributed by atoms with Crippen LogP contribution in [0.4, 0.5) is 9.52 Å². The van der Waals surface area contributed by atoms with Gasteiger partial charge in [0.15, 0.2) is 5.13 Å². The van der Waals surface area contributed by atoms with E-state index in [0.29, 0.717) is 23.8 Å². The number of anilines is 1. The number of amides is 1. The van der Waals surface area contributed by atoms with Crippen LogP contribution in [0.3, 0.4) is 0 Å². The number of aromatic nitrogens is 4. The molecular formula is C18H19FN6O2S. The van der Waals surface area contributed by atoms with Crippen molar-refractivity contribution in [1.29, 1.82) is 0 Å². The van der Waals surface area contributed by atoms with Gasteiger partial charge in [-0.2, -0.15) is 9.37 Å². The van der Waals surface area contributed by atoms with E-state index >= 15 is 0 Å². The summed E-state index contributed by atoms with van der Waals surface area (Å²) in [4.78, 5) is 30.1. The Labute approximate surface area is 164 Å². The second-order valence-electron chi connectivity index (χ2n) is 6.74. The maximum absolute atomic E-state index is 14.1. The van der Waals surface area contributed by atoms with Crippen molar-refractivity contribution in [1.82, 2.24) is 24.8 Å². The van der Waals surface area contributed by atoms with Gasteiger partial charge in [0.05, 0.1) is 22.0 Å². The van der Waals surface area contributed by atoms with Gasteiger partial charge >= 0.3 is 0 Å². The Morgan fingerprint density at radius 3 is 3.14 bits per heavy atom. The molecule has 28 heavy (non-hydrogen) atoms. The number of hydrogen-bond acceptors (Lipinski definition) is 8. The number of hydrogen-bond donors (Lipinski definition) is 1. The Hall–Kier alpha value is -2.72. The zero-order valence-corrected chi connectivity index (χ0v) is 16.2. The SMILES string of the molecule is CC(=O)Nc1nc(F)c(CN2C[C@H](Oc3ncnc4cnccc34)C[C@@H]2C)s1. The second kappa shape index (κ2) is 7.72. The van der Waals surface area contributed by atoms with Gasteiger partial charge in [-0.1, -0.05) is 11.3 Å². The average Bonchev–Trinajstić information content (AvgIpc) is 3.17. The monoisotopic (exact) mass is 402 g/mol. The number of carbonyl (C=O) groups is 1. The van der Waals surface area contributed by atoms with E-state index in [1.807, 2.05) is 6.07 Å². The first-order valence-corrected chi connectivity index (χ1v) is 9.69. The molecule has 146 valence electrons. The highest BCUT2D eigenvalue weighted by Gasteiger charge is 2.32. The normalized spacial score (nSPS) is 19.8. The van der Waals surface area contributed by atoms with Crippen molar-refractivity contribution < 1.29 is 13.9 Å². The number of halogens is 1. The molecule has 3 aromatic rings. The molecule has 10 heteroatoms. The molecule has 0 unspecified atom stereocenters. The van der Waals surface area contributed by atoms with Crippen molar-refractivity contribution >= 4 is 33.3 Å². The molecule has 0 bridgehead atoms. The van der Waals surface area contributed by atoms with Gasteiger partial charge in [0.25, 0.3) is 0 Å². The molecular weight excluding hydrogens is 383 g/mol. The van der Waals surface area contributed by atoms with Crippen molar-refractivity contribution in [2.24, 2.45) is 0 Å². The summed E-state index contributed by atoms with van der Waals surface area (Å²) in [5.41, 5.74) is 0.729. The van der Waals surface area contributed by atoms with Crippen LogP contribution in [0.5, 0.6) is 5.88 Å². The average molecular weight is 402 g/mol. The van der Waals surface area contributed by atoms with Crippen LogP contribution in [0.1, 0.15) is 25.1 Å². The highest BCUT2D eigenvalue weighted by Crippen LogP contribution is 2.29. The molecule has 3 aromatic heterocycles. The molecule has 1 aliphatic heterocycles. The second-order valence-corrected chi connectivity index (χ2v) is 7.82. The Bertz CT molecular complexity index is 1010. The van der Waals surface area contributed by atoms with Crippen LogP contribution in [0.25, 0.3) is 10.9 Å². The summed E-state index contributed by atoms with van der Waals surface area (Å²) in [5, 5.41) is 3.62. The number of rotatable bonds is 5. The topological polar surface area (TPSA) is 93.1 Å². The predicted octanol–water partition coefficient (Wildman–Crippen LogP) is 2.62. The molecule has 0 aromatic carbocycles. The number of likely N-dealkylation sites (tertiary alicyclic amines) is 1. The van der Waals surface area contributed by atoms with Gasteiger partial charge in [0.2, 0.25) is 17.7 Å². The standard InChI is InChI=1S/C18H19FN6O2S/c1-10-5-12(27-17-13-3-4-20-6-14(13)21-9-22-17)7-25(10)8-15-16(19)24-18(28-15)23-11(2)26/h3-4,6,9-10,12H,5,7-8H2,1-2H3,(H,23,24,26)/t10-,12+/m0/s1. The van der Waals surface area contributed by atoms with E-state index in [1.165, 1.54) is 13.3 Å². The highest BCUT2D eigenvalue weighted by molar-refractivity contribution is 7.15. The van der Waals surface area contributed by atoms with Gasteiger partial charge in [-0.05, 0) is 13.0 Å². The number of pyridine rings is 1. The minimum absolute atomic E-state index is 0.0629. The van der Waals surface area contributed by atoms with Crippen LogP contribution in [0.2, 0.25) is 0 Å². The summed E-state index contributed by atoms with van der Waals surface area (Å²) in [6.07, 6.45) is 5.56. The van der Waals surface area contributed by atoms with Crippen molar-refractivity contribution in [3.05, 3.63) is 35.6 Å². The molecule has 8 nitrogen and oxygen atoms in total. The molecule has 2 atom stereocenters. The van der Waals surface area contributed by atoms with Crippen LogP contribution in [0, 0.1) is 5.95 Å². The molecule has 0 saturated carbocycles. The van der Waals surface area contributed by atoms with Crippen molar-refractivity contribution in [3.8, 4) is 5.88 Å². The van der Waals surface area contributed by atoms with Gasteiger partial charge in [-0.15, -0.1) is 0 Å². The van der Waals surface area contributed by atoms with Gasteiger partial charge in [0.1, 0.15) is 12.4 Å². The van der Waals surface area contributed by atoms with Crippen molar-refractivity contribution in [3.63, 3.8) is 0 Å². The first-order valence-electron chi connectivity index (χ1n) is 8.88. The molecule has 0 radical (unpaired) electrons. The molecule has 1 aliphatic rings. The lowest BCUT2D eigenvalue weighted by atomic mass is 10.2. The first kappa shape index (κ1) is 18.6. The zero-order valence-electron chi connectivity index (χ0n) is 15.4. The zero-order chi connectivity index (χ0) is 19.7. The fourth-order valence-electron chi connectivity index (χ4n) is 3.31. The number of ether oxygens (including phenoxy) is 1.